The largest absolute Gasteiger partial charge is 0.494 e. The van der Waals surface area contributed by atoms with E-state index in [1.54, 1.807) is 0 Å². The molecule has 3 rings (SSSR count). The zero-order chi connectivity index (χ0) is 17.5. The van der Waals surface area contributed by atoms with Gasteiger partial charge in [0.25, 0.3) is 0 Å². The Morgan fingerprint density at radius 2 is 2.12 bits per heavy atom. The maximum absolute atomic E-state index is 12.0. The van der Waals surface area contributed by atoms with E-state index in [4.69, 9.17) is 9.47 Å². The van der Waals surface area contributed by atoms with Gasteiger partial charge in [-0.2, -0.15) is 0 Å². The van der Waals surface area contributed by atoms with Gasteiger partial charge in [-0.15, -0.1) is 0 Å². The molecule has 0 saturated heterocycles. The molecule has 25 heavy (non-hydrogen) atoms. The summed E-state index contributed by atoms with van der Waals surface area (Å²) < 4.78 is 11.4. The molecule has 1 atom stereocenters. The monoisotopic (exact) mass is 339 g/mol. The first-order chi connectivity index (χ1) is 12.2. The molecule has 0 spiro atoms. The number of benzene rings is 2. The number of hydrogen-bond acceptors (Lipinski definition) is 3. The van der Waals surface area contributed by atoms with Crippen molar-refractivity contribution in [2.45, 2.75) is 26.2 Å². The van der Waals surface area contributed by atoms with Crippen LogP contribution >= 0.6 is 0 Å². The van der Waals surface area contributed by atoms with E-state index in [1.807, 2.05) is 49.4 Å². The van der Waals surface area contributed by atoms with Gasteiger partial charge in [0.1, 0.15) is 11.5 Å². The number of amides is 1. The van der Waals surface area contributed by atoms with Crippen LogP contribution in [0, 0.1) is 12.8 Å². The van der Waals surface area contributed by atoms with Crippen LogP contribution in [0.1, 0.15) is 24.0 Å². The average Bonchev–Trinajstić information content (AvgIpc) is 2.63. The van der Waals surface area contributed by atoms with E-state index >= 15 is 0 Å². The van der Waals surface area contributed by atoms with Gasteiger partial charge in [0.05, 0.1) is 13.2 Å². The molecule has 0 aliphatic carbocycles. The van der Waals surface area contributed by atoms with Crippen molar-refractivity contribution in [3.63, 3.8) is 0 Å². The van der Waals surface area contributed by atoms with Gasteiger partial charge in [-0.1, -0.05) is 30.3 Å². The van der Waals surface area contributed by atoms with Crippen LogP contribution in [-0.2, 0) is 11.2 Å². The molecule has 1 N–H and O–H groups in total. The van der Waals surface area contributed by atoms with E-state index in [0.717, 1.165) is 17.9 Å². The van der Waals surface area contributed by atoms with E-state index in [-0.39, 0.29) is 5.91 Å². The Bertz CT molecular complexity index is 714. The minimum Gasteiger partial charge on any atom is -0.494 e. The normalized spacial score (nSPS) is 15.8. The van der Waals surface area contributed by atoms with Crippen LogP contribution in [0.2, 0.25) is 0 Å². The molecular weight excluding hydrogens is 314 g/mol. The highest BCUT2D eigenvalue weighted by molar-refractivity contribution is 5.75. The molecule has 1 heterocycles. The lowest BCUT2D eigenvalue weighted by Gasteiger charge is -2.25. The fraction of sp³-hybridized carbons (Fsp3) is 0.381. The third kappa shape index (κ3) is 5.24. The number of para-hydroxylation sites is 1. The molecule has 0 fully saturated rings. The van der Waals surface area contributed by atoms with Gasteiger partial charge in [0, 0.05) is 18.9 Å². The summed E-state index contributed by atoms with van der Waals surface area (Å²) >= 11 is 0. The van der Waals surface area contributed by atoms with Crippen LogP contribution in [0.5, 0.6) is 11.5 Å². The van der Waals surface area contributed by atoms with Gasteiger partial charge in [-0.05, 0) is 49.1 Å². The third-order valence-electron chi connectivity index (χ3n) is 4.35. The number of carbonyl (C=O) groups excluding carboxylic acids is 1. The first kappa shape index (κ1) is 17.3. The highest BCUT2D eigenvalue weighted by Crippen LogP contribution is 2.26. The molecule has 1 amide bonds. The molecule has 0 saturated carbocycles. The molecule has 2 aromatic carbocycles. The highest BCUT2D eigenvalue weighted by atomic mass is 16.5. The summed E-state index contributed by atoms with van der Waals surface area (Å²) in [4.78, 5) is 12.0. The molecule has 4 nitrogen and oxygen atoms in total. The van der Waals surface area contributed by atoms with Gasteiger partial charge in [-0.25, -0.2) is 0 Å². The Morgan fingerprint density at radius 3 is 3.00 bits per heavy atom. The van der Waals surface area contributed by atoms with Gasteiger partial charge >= 0.3 is 0 Å². The van der Waals surface area contributed by atoms with Crippen molar-refractivity contribution in [3.05, 3.63) is 59.7 Å². The summed E-state index contributed by atoms with van der Waals surface area (Å²) in [5.74, 6) is 2.24. The summed E-state index contributed by atoms with van der Waals surface area (Å²) in [6.07, 6.45) is 2.15. The Hall–Kier alpha value is -2.49. The lowest BCUT2D eigenvalue weighted by molar-refractivity contribution is -0.121. The number of ether oxygens (including phenoxy) is 2. The molecule has 132 valence electrons. The summed E-state index contributed by atoms with van der Waals surface area (Å²) in [6.45, 7) is 3.91. The molecule has 0 radical (unpaired) electrons. The maximum Gasteiger partial charge on any atom is 0.220 e. The van der Waals surface area contributed by atoms with Crippen LogP contribution in [0.15, 0.2) is 48.5 Å². The molecule has 4 heteroatoms. The minimum atomic E-state index is 0.0756. The maximum atomic E-state index is 12.0. The average molecular weight is 339 g/mol. The van der Waals surface area contributed by atoms with Crippen molar-refractivity contribution in [2.75, 3.05) is 19.8 Å². The van der Waals surface area contributed by atoms with E-state index in [0.29, 0.717) is 38.5 Å². The van der Waals surface area contributed by atoms with Gasteiger partial charge < -0.3 is 14.8 Å². The number of carbonyl (C=O) groups is 1. The van der Waals surface area contributed by atoms with Crippen molar-refractivity contribution in [1.29, 1.82) is 0 Å². The molecular formula is C21H25NO3. The first-order valence-corrected chi connectivity index (χ1v) is 8.87. The summed E-state index contributed by atoms with van der Waals surface area (Å²) in [5, 5.41) is 3.02. The number of fused-ring (bicyclic) bond motifs is 1. The van der Waals surface area contributed by atoms with E-state index in [2.05, 4.69) is 11.4 Å². The number of aryl methyl sites for hydroxylation is 1. The fourth-order valence-electron chi connectivity index (χ4n) is 3.00. The van der Waals surface area contributed by atoms with Crippen molar-refractivity contribution >= 4 is 5.91 Å². The van der Waals surface area contributed by atoms with Crippen LogP contribution in [-0.4, -0.2) is 25.7 Å². The Labute approximate surface area is 149 Å². The third-order valence-corrected chi connectivity index (χ3v) is 4.35. The predicted molar refractivity (Wildman–Crippen MR) is 98.0 cm³/mol. The lowest BCUT2D eigenvalue weighted by atomic mass is 9.97. The van der Waals surface area contributed by atoms with Crippen molar-refractivity contribution < 1.29 is 14.3 Å². The molecule has 1 aliphatic rings. The quantitative estimate of drug-likeness (QED) is 0.785. The molecule has 0 aromatic heterocycles. The Kier molecular flexibility index (Phi) is 5.94. The topological polar surface area (TPSA) is 47.6 Å². The molecule has 1 unspecified atom stereocenters. The van der Waals surface area contributed by atoms with Crippen molar-refractivity contribution in [2.24, 2.45) is 5.92 Å². The SMILES string of the molecule is Cc1cccc(OCCCC(=O)NCC2COc3ccccc3C2)c1. The number of rotatable bonds is 7. The van der Waals surface area contributed by atoms with E-state index < -0.39 is 0 Å². The zero-order valence-electron chi connectivity index (χ0n) is 14.7. The Morgan fingerprint density at radius 1 is 1.24 bits per heavy atom. The smallest absolute Gasteiger partial charge is 0.220 e. The summed E-state index contributed by atoms with van der Waals surface area (Å²) in [7, 11) is 0. The summed E-state index contributed by atoms with van der Waals surface area (Å²) in [6, 6.07) is 16.0. The van der Waals surface area contributed by atoms with Crippen LogP contribution in [0.25, 0.3) is 0 Å². The molecule has 2 aromatic rings. The van der Waals surface area contributed by atoms with Gasteiger partial charge in [0.15, 0.2) is 0 Å². The van der Waals surface area contributed by atoms with E-state index in [9.17, 15) is 4.79 Å². The second-order valence-corrected chi connectivity index (χ2v) is 6.56. The fourth-order valence-corrected chi connectivity index (χ4v) is 3.00. The first-order valence-electron chi connectivity index (χ1n) is 8.87. The number of nitrogens with one attached hydrogen (secondary N) is 1. The highest BCUT2D eigenvalue weighted by Gasteiger charge is 2.19. The van der Waals surface area contributed by atoms with Gasteiger partial charge in [0.2, 0.25) is 5.91 Å². The minimum absolute atomic E-state index is 0.0756. The predicted octanol–water partition coefficient (Wildman–Crippen LogP) is 3.52. The second kappa shape index (κ2) is 8.56. The Balaban J connectivity index is 1.32. The van der Waals surface area contributed by atoms with E-state index in [1.165, 1.54) is 11.1 Å². The molecule has 0 bridgehead atoms. The number of hydrogen-bond donors (Lipinski definition) is 1. The van der Waals surface area contributed by atoms with Crippen molar-refractivity contribution in [3.8, 4) is 11.5 Å². The molecule has 1 aliphatic heterocycles. The van der Waals surface area contributed by atoms with Crippen molar-refractivity contribution in [1.82, 2.24) is 5.32 Å². The summed E-state index contributed by atoms with van der Waals surface area (Å²) in [5.41, 5.74) is 2.39. The van der Waals surface area contributed by atoms with Crippen LogP contribution < -0.4 is 14.8 Å². The van der Waals surface area contributed by atoms with Crippen LogP contribution in [0.3, 0.4) is 0 Å². The lowest BCUT2D eigenvalue weighted by Crippen LogP contribution is -2.34. The van der Waals surface area contributed by atoms with Crippen LogP contribution in [0.4, 0.5) is 0 Å². The van der Waals surface area contributed by atoms with Gasteiger partial charge in [-0.3, -0.25) is 4.79 Å². The standard InChI is InChI=1S/C21H25NO3/c1-16-6-4-8-19(12-16)24-11-5-10-21(23)22-14-17-13-18-7-2-3-9-20(18)25-15-17/h2-4,6-9,12,17H,5,10-11,13-15H2,1H3,(H,22,23). The zero-order valence-corrected chi connectivity index (χ0v) is 14.7. The second-order valence-electron chi connectivity index (χ2n) is 6.56.